The third-order valence-electron chi connectivity index (χ3n) is 5.08. The molecular weight excluding hydrogens is 400 g/mol. The molecule has 0 aliphatic rings. The van der Waals surface area contributed by atoms with E-state index in [-0.39, 0.29) is 10.9 Å². The topological polar surface area (TPSA) is 0 Å². The highest BCUT2D eigenvalue weighted by molar-refractivity contribution is 7.99. The minimum absolute atomic E-state index is 0.118. The summed E-state index contributed by atoms with van der Waals surface area (Å²) in [6, 6.07) is 43.5. The number of benzene rings is 4. The van der Waals surface area contributed by atoms with Gasteiger partial charge in [0.15, 0.2) is 9.79 Å². The fourth-order valence-electron chi connectivity index (χ4n) is 3.60. The van der Waals surface area contributed by atoms with Crippen molar-refractivity contribution in [3.63, 3.8) is 0 Å². The number of hydrogen-bond donors (Lipinski definition) is 0. The quantitative estimate of drug-likeness (QED) is 0.251. The molecule has 0 unspecified atom stereocenters. The zero-order valence-electron chi connectivity index (χ0n) is 16.4. The second-order valence-electron chi connectivity index (χ2n) is 7.00. The van der Waals surface area contributed by atoms with E-state index in [1.807, 2.05) is 11.3 Å². The van der Waals surface area contributed by atoms with Crippen LogP contribution in [-0.2, 0) is 10.9 Å². The summed E-state index contributed by atoms with van der Waals surface area (Å²) in [6.07, 6.45) is 0. The van der Waals surface area contributed by atoms with Crippen molar-refractivity contribution in [1.82, 2.24) is 0 Å². The summed E-state index contributed by atoms with van der Waals surface area (Å²) in [4.78, 5) is 2.71. The molecule has 1 aromatic heterocycles. The molecule has 30 heavy (non-hydrogen) atoms. The summed E-state index contributed by atoms with van der Waals surface area (Å²) in [5, 5.41) is 2.22. The van der Waals surface area contributed by atoms with E-state index in [0.29, 0.717) is 0 Å². The lowest BCUT2D eigenvalue weighted by atomic mass is 10.0. The van der Waals surface area contributed by atoms with Gasteiger partial charge in [-0.2, -0.15) is 0 Å². The normalized spacial score (nSPS) is 11.0. The smallest absolute Gasteiger partial charge is 0.0929 e. The van der Waals surface area contributed by atoms with Gasteiger partial charge in [0.2, 0.25) is 4.21 Å². The van der Waals surface area contributed by atoms with Crippen LogP contribution in [0.15, 0.2) is 141 Å². The Bertz CT molecular complexity index is 1170. The molecule has 0 N–H and O–H groups in total. The van der Waals surface area contributed by atoms with E-state index in [9.17, 15) is 0 Å². The van der Waals surface area contributed by atoms with Gasteiger partial charge in [0.05, 0.1) is 0 Å². The molecule has 5 rings (SSSR count). The summed E-state index contributed by atoms with van der Waals surface area (Å²) in [5.74, 6) is 0. The lowest BCUT2D eigenvalue weighted by Crippen LogP contribution is -2.03. The molecule has 2 heteroatoms. The van der Waals surface area contributed by atoms with E-state index in [1.54, 1.807) is 0 Å². The van der Waals surface area contributed by atoms with Crippen LogP contribution in [0.3, 0.4) is 0 Å². The van der Waals surface area contributed by atoms with Crippen molar-refractivity contribution >= 4 is 22.2 Å². The van der Waals surface area contributed by atoms with E-state index >= 15 is 0 Å². The first-order chi connectivity index (χ1) is 14.9. The van der Waals surface area contributed by atoms with E-state index in [4.69, 9.17) is 0 Å². The predicted molar refractivity (Wildman–Crippen MR) is 130 cm³/mol. The highest BCUT2D eigenvalue weighted by atomic mass is 32.2. The monoisotopic (exact) mass is 421 g/mol. The number of rotatable bonds is 5. The Morgan fingerprint density at radius 3 is 1.47 bits per heavy atom. The molecule has 0 saturated carbocycles. The van der Waals surface area contributed by atoms with Crippen LogP contribution in [-0.4, -0.2) is 0 Å². The lowest BCUT2D eigenvalue weighted by molar-refractivity contribution is 1.36. The number of thiophene rings is 1. The molecule has 4 aromatic carbocycles. The van der Waals surface area contributed by atoms with E-state index < -0.39 is 0 Å². The van der Waals surface area contributed by atoms with Crippen molar-refractivity contribution in [2.45, 2.75) is 14.0 Å². The molecule has 0 amide bonds. The van der Waals surface area contributed by atoms with Crippen LogP contribution >= 0.6 is 11.3 Å². The van der Waals surface area contributed by atoms with Crippen molar-refractivity contribution in [1.29, 1.82) is 0 Å². The fraction of sp³-hybridized carbons (Fsp3) is 0. The Morgan fingerprint density at radius 1 is 0.433 bits per heavy atom. The van der Waals surface area contributed by atoms with Gasteiger partial charge in [0.25, 0.3) is 0 Å². The first-order valence-electron chi connectivity index (χ1n) is 9.98. The van der Waals surface area contributed by atoms with Gasteiger partial charge in [0.1, 0.15) is 10.9 Å². The molecule has 0 fully saturated rings. The van der Waals surface area contributed by atoms with Gasteiger partial charge in [-0.15, -0.1) is 0 Å². The molecule has 0 atom stereocenters. The minimum Gasteiger partial charge on any atom is -0.0929 e. The van der Waals surface area contributed by atoms with Gasteiger partial charge in [-0.25, -0.2) is 0 Å². The number of hydrogen-bond acceptors (Lipinski definition) is 1. The van der Waals surface area contributed by atoms with Crippen molar-refractivity contribution in [3.8, 4) is 22.3 Å². The largest absolute Gasteiger partial charge is 0.228 e. The summed E-state index contributed by atoms with van der Waals surface area (Å²) in [7, 11) is -0.118. The summed E-state index contributed by atoms with van der Waals surface area (Å²) in [5.41, 5.74) is 5.11. The average molecular weight is 422 g/mol. The lowest BCUT2D eigenvalue weighted by Gasteiger charge is -2.09. The van der Waals surface area contributed by atoms with Crippen LogP contribution in [0.4, 0.5) is 0 Å². The molecule has 0 saturated heterocycles. The third kappa shape index (κ3) is 3.85. The van der Waals surface area contributed by atoms with Gasteiger partial charge in [-0.3, -0.25) is 0 Å². The van der Waals surface area contributed by atoms with Crippen molar-refractivity contribution < 1.29 is 0 Å². The third-order valence-corrected chi connectivity index (χ3v) is 8.65. The SMILES string of the molecule is c1ccc(-c2ccc(-c3ccsc3[S+](c3ccccc3)c3ccccc3)cc2)cc1. The molecule has 0 aliphatic heterocycles. The molecule has 5 aromatic rings. The molecule has 144 valence electrons. The maximum Gasteiger partial charge on any atom is 0.228 e. The molecule has 0 aliphatic carbocycles. The molecular formula is C28H21S2+. The highest BCUT2D eigenvalue weighted by Gasteiger charge is 2.32. The van der Waals surface area contributed by atoms with Gasteiger partial charge < -0.3 is 0 Å². The predicted octanol–water partition coefficient (Wildman–Crippen LogP) is 8.18. The van der Waals surface area contributed by atoms with E-state index in [0.717, 1.165) is 0 Å². The maximum absolute atomic E-state index is 2.27. The van der Waals surface area contributed by atoms with Crippen molar-refractivity contribution in [2.75, 3.05) is 0 Å². The second kappa shape index (κ2) is 8.74. The summed E-state index contributed by atoms with van der Waals surface area (Å²) < 4.78 is 1.42. The zero-order chi connectivity index (χ0) is 20.2. The van der Waals surface area contributed by atoms with Gasteiger partial charge >= 0.3 is 0 Å². The van der Waals surface area contributed by atoms with Gasteiger partial charge in [-0.05, 0) is 52.4 Å². The fourth-order valence-corrected chi connectivity index (χ4v) is 7.34. The maximum atomic E-state index is 2.27. The Kier molecular flexibility index (Phi) is 5.52. The average Bonchev–Trinajstić information content (AvgIpc) is 3.31. The second-order valence-corrected chi connectivity index (χ2v) is 10.1. The van der Waals surface area contributed by atoms with Crippen LogP contribution in [0.5, 0.6) is 0 Å². The first kappa shape index (κ1) is 18.9. The van der Waals surface area contributed by atoms with Gasteiger partial charge in [0, 0.05) is 5.56 Å². The Morgan fingerprint density at radius 2 is 0.900 bits per heavy atom. The van der Waals surface area contributed by atoms with Gasteiger partial charge in [-0.1, -0.05) is 102 Å². The van der Waals surface area contributed by atoms with Crippen LogP contribution in [0.2, 0.25) is 0 Å². The standard InChI is InChI=1S/C28H21S2/c1-4-10-22(11-5-1)23-16-18-24(19-17-23)27-20-21-29-28(27)30(25-12-6-2-7-13-25)26-14-8-3-9-15-26/h1-21H/q+1. The first-order valence-corrected chi connectivity index (χ1v) is 12.1. The molecule has 0 spiro atoms. The molecule has 1 heterocycles. The van der Waals surface area contributed by atoms with E-state index in [1.165, 1.54) is 36.3 Å². The Hall–Kier alpha value is -3.07. The Balaban J connectivity index is 1.57. The van der Waals surface area contributed by atoms with Crippen molar-refractivity contribution in [2.24, 2.45) is 0 Å². The molecule has 0 radical (unpaired) electrons. The van der Waals surface area contributed by atoms with Crippen LogP contribution < -0.4 is 0 Å². The summed E-state index contributed by atoms with van der Waals surface area (Å²) in [6.45, 7) is 0. The van der Waals surface area contributed by atoms with Crippen LogP contribution in [0, 0.1) is 0 Å². The van der Waals surface area contributed by atoms with Crippen LogP contribution in [0.1, 0.15) is 0 Å². The highest BCUT2D eigenvalue weighted by Crippen LogP contribution is 2.41. The minimum atomic E-state index is -0.118. The van der Waals surface area contributed by atoms with Crippen molar-refractivity contribution in [3.05, 3.63) is 127 Å². The van der Waals surface area contributed by atoms with E-state index in [2.05, 4.69) is 127 Å². The zero-order valence-corrected chi connectivity index (χ0v) is 18.1. The summed E-state index contributed by atoms with van der Waals surface area (Å²) >= 11 is 1.86. The van der Waals surface area contributed by atoms with Crippen LogP contribution in [0.25, 0.3) is 22.3 Å². The molecule has 0 bridgehead atoms. The Labute approximate surface area is 184 Å². The molecule has 0 nitrogen and oxygen atoms in total.